The van der Waals surface area contributed by atoms with Crippen molar-refractivity contribution in [2.45, 2.75) is 13.3 Å². The zero-order valence-electron chi connectivity index (χ0n) is 15.0. The molecule has 1 aliphatic heterocycles. The first kappa shape index (κ1) is 17.0. The van der Waals surface area contributed by atoms with Crippen molar-refractivity contribution in [1.82, 2.24) is 0 Å². The number of cyclic esters (lactones) is 1. The summed E-state index contributed by atoms with van der Waals surface area (Å²) in [6.07, 6.45) is 2.66. The minimum absolute atomic E-state index is 0.283. The molecule has 0 radical (unpaired) electrons. The van der Waals surface area contributed by atoms with Crippen LogP contribution in [0.1, 0.15) is 24.5 Å². The highest BCUT2D eigenvalue weighted by molar-refractivity contribution is 6.17. The van der Waals surface area contributed by atoms with Gasteiger partial charge in [-0.15, -0.1) is 0 Å². The Hall–Kier alpha value is -3.40. The van der Waals surface area contributed by atoms with E-state index in [9.17, 15) is 4.79 Å². The van der Waals surface area contributed by atoms with Crippen molar-refractivity contribution >= 4 is 28.7 Å². The van der Waals surface area contributed by atoms with Gasteiger partial charge >= 0.3 is 5.97 Å². The normalized spacial score (nSPS) is 15.1. The van der Waals surface area contributed by atoms with Crippen LogP contribution in [0.4, 0.5) is 0 Å². The minimum Gasteiger partial charge on any atom is -0.494 e. The van der Waals surface area contributed by atoms with Crippen LogP contribution in [0.5, 0.6) is 5.75 Å². The molecule has 0 fully saturated rings. The molecule has 0 N–H and O–H groups in total. The number of esters is 1. The number of carbonyl (C=O) groups excluding carboxylic acids is 1. The third-order valence-electron chi connectivity index (χ3n) is 4.27. The Labute approximate surface area is 157 Å². The topological polar surface area (TPSA) is 47.9 Å². The molecule has 3 aromatic rings. The Morgan fingerprint density at radius 1 is 1.04 bits per heavy atom. The predicted octanol–water partition coefficient (Wildman–Crippen LogP) is 4.97. The van der Waals surface area contributed by atoms with Gasteiger partial charge in [0.1, 0.15) is 5.75 Å². The molecule has 0 spiro atoms. The van der Waals surface area contributed by atoms with Gasteiger partial charge in [-0.3, -0.25) is 0 Å². The van der Waals surface area contributed by atoms with Crippen LogP contribution < -0.4 is 4.74 Å². The van der Waals surface area contributed by atoms with Crippen molar-refractivity contribution < 1.29 is 14.3 Å². The van der Waals surface area contributed by atoms with Crippen LogP contribution >= 0.6 is 0 Å². The maximum Gasteiger partial charge on any atom is 0.363 e. The number of hydrogen-bond acceptors (Lipinski definition) is 4. The Kier molecular flexibility index (Phi) is 4.71. The van der Waals surface area contributed by atoms with Gasteiger partial charge in [-0.2, -0.15) is 0 Å². The van der Waals surface area contributed by atoms with E-state index in [4.69, 9.17) is 9.47 Å². The van der Waals surface area contributed by atoms with Crippen LogP contribution in [-0.4, -0.2) is 18.5 Å². The highest BCUT2D eigenvalue weighted by Crippen LogP contribution is 2.25. The average Bonchev–Trinajstić information content (AvgIpc) is 3.06. The summed E-state index contributed by atoms with van der Waals surface area (Å²) >= 11 is 0. The zero-order chi connectivity index (χ0) is 18.6. The second-order valence-electron chi connectivity index (χ2n) is 6.28. The first-order valence-corrected chi connectivity index (χ1v) is 8.98. The third-order valence-corrected chi connectivity index (χ3v) is 4.27. The van der Waals surface area contributed by atoms with Gasteiger partial charge in [0.05, 0.1) is 6.61 Å². The van der Waals surface area contributed by atoms with E-state index in [1.807, 2.05) is 66.7 Å². The molecule has 0 atom stereocenters. The molecule has 0 saturated carbocycles. The van der Waals surface area contributed by atoms with Gasteiger partial charge in [-0.25, -0.2) is 9.79 Å². The number of rotatable bonds is 5. The summed E-state index contributed by atoms with van der Waals surface area (Å²) in [6.45, 7) is 2.72. The lowest BCUT2D eigenvalue weighted by Crippen LogP contribution is -2.05. The smallest absolute Gasteiger partial charge is 0.363 e. The molecular formula is C23H19NO3. The fourth-order valence-corrected chi connectivity index (χ4v) is 3.01. The molecular weight excluding hydrogens is 338 g/mol. The van der Waals surface area contributed by atoms with Crippen LogP contribution in [0.25, 0.3) is 16.8 Å². The van der Waals surface area contributed by atoms with Gasteiger partial charge in [-0.05, 0) is 47.0 Å². The molecule has 0 amide bonds. The second kappa shape index (κ2) is 7.46. The van der Waals surface area contributed by atoms with E-state index < -0.39 is 5.97 Å². The average molecular weight is 357 g/mol. The lowest BCUT2D eigenvalue weighted by Gasteiger charge is -2.04. The predicted molar refractivity (Wildman–Crippen MR) is 107 cm³/mol. The van der Waals surface area contributed by atoms with Crippen LogP contribution in [0, 0.1) is 0 Å². The number of carbonyl (C=O) groups is 1. The van der Waals surface area contributed by atoms with Gasteiger partial charge in [0.2, 0.25) is 5.90 Å². The summed E-state index contributed by atoms with van der Waals surface area (Å²) in [6, 6.07) is 21.4. The molecule has 4 nitrogen and oxygen atoms in total. The monoisotopic (exact) mass is 357 g/mol. The quantitative estimate of drug-likeness (QED) is 0.478. The fraction of sp³-hybridized carbons (Fsp3) is 0.130. The molecule has 0 aromatic heterocycles. The van der Waals surface area contributed by atoms with E-state index in [0.29, 0.717) is 12.5 Å². The van der Waals surface area contributed by atoms with E-state index in [1.165, 1.54) is 0 Å². The number of hydrogen-bond donors (Lipinski definition) is 0. The van der Waals surface area contributed by atoms with Crippen molar-refractivity contribution in [2.24, 2.45) is 4.99 Å². The van der Waals surface area contributed by atoms with Gasteiger partial charge in [0.15, 0.2) is 5.70 Å². The molecule has 0 bridgehead atoms. The highest BCUT2D eigenvalue weighted by Gasteiger charge is 2.25. The Morgan fingerprint density at radius 2 is 1.85 bits per heavy atom. The molecule has 27 heavy (non-hydrogen) atoms. The van der Waals surface area contributed by atoms with Crippen molar-refractivity contribution in [2.75, 3.05) is 6.61 Å². The summed E-state index contributed by atoms with van der Waals surface area (Å²) in [5, 5.41) is 2.08. The van der Waals surface area contributed by atoms with E-state index in [1.54, 1.807) is 6.08 Å². The molecule has 4 heteroatoms. The van der Waals surface area contributed by atoms with E-state index >= 15 is 0 Å². The summed E-state index contributed by atoms with van der Waals surface area (Å²) in [5.74, 6) is 0.662. The Balaban J connectivity index is 1.68. The summed E-state index contributed by atoms with van der Waals surface area (Å²) in [4.78, 5) is 16.8. The van der Waals surface area contributed by atoms with Crippen molar-refractivity contribution in [3.63, 3.8) is 0 Å². The summed E-state index contributed by atoms with van der Waals surface area (Å²) in [5.41, 5.74) is 1.94. The third kappa shape index (κ3) is 3.60. The van der Waals surface area contributed by atoms with Gasteiger partial charge in [0.25, 0.3) is 0 Å². The molecule has 1 aliphatic rings. The summed E-state index contributed by atoms with van der Waals surface area (Å²) < 4.78 is 11.1. The van der Waals surface area contributed by atoms with Crippen LogP contribution in [0.2, 0.25) is 0 Å². The molecule has 1 heterocycles. The number of nitrogens with zero attached hydrogens (tertiary/aromatic N) is 1. The van der Waals surface area contributed by atoms with Crippen LogP contribution in [-0.2, 0) is 9.53 Å². The van der Waals surface area contributed by atoms with Crippen molar-refractivity contribution in [1.29, 1.82) is 0 Å². The molecule has 0 unspecified atom stereocenters. The zero-order valence-corrected chi connectivity index (χ0v) is 15.0. The number of aliphatic imine (C=N–C) groups is 1. The molecule has 134 valence electrons. The minimum atomic E-state index is -0.446. The highest BCUT2D eigenvalue weighted by atomic mass is 16.6. The van der Waals surface area contributed by atoms with Gasteiger partial charge in [0, 0.05) is 5.56 Å². The molecule has 4 rings (SSSR count). The molecule has 3 aromatic carbocycles. The summed E-state index contributed by atoms with van der Waals surface area (Å²) in [7, 11) is 0. The van der Waals surface area contributed by atoms with E-state index in [-0.39, 0.29) is 5.70 Å². The fourth-order valence-electron chi connectivity index (χ4n) is 3.01. The van der Waals surface area contributed by atoms with Crippen molar-refractivity contribution in [3.05, 3.63) is 83.6 Å². The van der Waals surface area contributed by atoms with Crippen LogP contribution in [0.3, 0.4) is 0 Å². The molecule has 0 saturated heterocycles. The first-order valence-electron chi connectivity index (χ1n) is 8.98. The second-order valence-corrected chi connectivity index (χ2v) is 6.28. The lowest BCUT2D eigenvalue weighted by molar-refractivity contribution is -0.129. The largest absolute Gasteiger partial charge is 0.494 e. The van der Waals surface area contributed by atoms with Crippen molar-refractivity contribution in [3.8, 4) is 5.75 Å². The first-order chi connectivity index (χ1) is 13.2. The number of fused-ring (bicyclic) bond motifs is 1. The van der Waals surface area contributed by atoms with Gasteiger partial charge in [-0.1, -0.05) is 55.5 Å². The SMILES string of the molecule is CCCOc1cccc(/C=C2\N=C(c3cccc4ccccc34)OC2=O)c1. The number of ether oxygens (including phenoxy) is 2. The lowest BCUT2D eigenvalue weighted by atomic mass is 10.0. The molecule has 0 aliphatic carbocycles. The Bertz CT molecular complexity index is 1060. The maximum absolute atomic E-state index is 12.3. The number of benzene rings is 3. The standard InChI is InChI=1S/C23H19NO3/c1-2-13-26-18-10-5-7-16(14-18)15-21-23(25)27-22(24-21)20-12-6-9-17-8-3-4-11-19(17)20/h3-12,14-15H,2,13H2,1H3/b21-15-. The Morgan fingerprint density at radius 3 is 2.74 bits per heavy atom. The maximum atomic E-state index is 12.3. The van der Waals surface area contributed by atoms with E-state index in [0.717, 1.165) is 34.1 Å². The van der Waals surface area contributed by atoms with Gasteiger partial charge < -0.3 is 9.47 Å². The van der Waals surface area contributed by atoms with Crippen LogP contribution in [0.15, 0.2) is 77.4 Å². The van der Waals surface area contributed by atoms with E-state index in [2.05, 4.69) is 11.9 Å².